The third-order valence-corrected chi connectivity index (χ3v) is 5.38. The van der Waals surface area contributed by atoms with Crippen molar-refractivity contribution in [2.75, 3.05) is 26.7 Å². The molecular formula is C19H34N4O3. The number of guanidine groups is 1. The molecule has 1 amide bonds. The number of ether oxygens (including phenoxy) is 2. The van der Waals surface area contributed by atoms with E-state index in [9.17, 15) is 4.79 Å². The van der Waals surface area contributed by atoms with E-state index in [1.165, 1.54) is 6.42 Å². The summed E-state index contributed by atoms with van der Waals surface area (Å²) >= 11 is 0. The second-order valence-corrected chi connectivity index (χ2v) is 8.75. The lowest BCUT2D eigenvalue weighted by Gasteiger charge is -2.34. The Labute approximate surface area is 156 Å². The Morgan fingerprint density at radius 1 is 1.31 bits per heavy atom. The molecule has 0 aromatic heterocycles. The molecule has 7 nitrogen and oxygen atoms in total. The van der Waals surface area contributed by atoms with Gasteiger partial charge in [-0.25, -0.2) is 4.79 Å². The van der Waals surface area contributed by atoms with E-state index < -0.39 is 5.60 Å². The number of rotatable bonds is 3. The first-order valence-corrected chi connectivity index (χ1v) is 9.94. The Morgan fingerprint density at radius 3 is 2.73 bits per heavy atom. The van der Waals surface area contributed by atoms with Gasteiger partial charge >= 0.3 is 6.09 Å². The zero-order valence-electron chi connectivity index (χ0n) is 16.6. The molecule has 3 aliphatic heterocycles. The van der Waals surface area contributed by atoms with Crippen molar-refractivity contribution in [3.63, 3.8) is 0 Å². The SMILES string of the molecule is CN=C(NCC1CCCN(C(=O)OC(C)(C)C)C1)NC1CC2CCC1O2. The first-order valence-electron chi connectivity index (χ1n) is 9.94. The van der Waals surface area contributed by atoms with Crippen LogP contribution in [0, 0.1) is 5.92 Å². The number of amides is 1. The van der Waals surface area contributed by atoms with E-state index in [-0.39, 0.29) is 6.09 Å². The fraction of sp³-hybridized carbons (Fsp3) is 0.895. The lowest BCUT2D eigenvalue weighted by atomic mass is 9.95. The van der Waals surface area contributed by atoms with Crippen LogP contribution in [0.2, 0.25) is 0 Å². The summed E-state index contributed by atoms with van der Waals surface area (Å²) in [5.41, 5.74) is -0.447. The van der Waals surface area contributed by atoms with Crippen molar-refractivity contribution in [1.29, 1.82) is 0 Å². The van der Waals surface area contributed by atoms with Crippen LogP contribution in [0.1, 0.15) is 52.9 Å². The minimum Gasteiger partial charge on any atom is -0.444 e. The summed E-state index contributed by atoms with van der Waals surface area (Å²) in [7, 11) is 1.80. The van der Waals surface area contributed by atoms with Gasteiger partial charge in [0, 0.05) is 26.7 Å². The second-order valence-electron chi connectivity index (χ2n) is 8.75. The molecule has 3 heterocycles. The normalized spacial score (nSPS) is 31.8. The smallest absolute Gasteiger partial charge is 0.410 e. The van der Waals surface area contributed by atoms with E-state index >= 15 is 0 Å². The van der Waals surface area contributed by atoms with Gasteiger partial charge in [0.2, 0.25) is 0 Å². The molecule has 0 aromatic rings. The summed E-state index contributed by atoms with van der Waals surface area (Å²) in [5.74, 6) is 1.24. The Hall–Kier alpha value is -1.50. The number of hydrogen-bond acceptors (Lipinski definition) is 4. The van der Waals surface area contributed by atoms with Gasteiger partial charge in [0.05, 0.1) is 18.2 Å². The van der Waals surface area contributed by atoms with Gasteiger partial charge in [0.25, 0.3) is 0 Å². The van der Waals surface area contributed by atoms with Gasteiger partial charge in [-0.3, -0.25) is 4.99 Å². The van der Waals surface area contributed by atoms with Gasteiger partial charge < -0.3 is 25.0 Å². The highest BCUT2D eigenvalue weighted by atomic mass is 16.6. The van der Waals surface area contributed by atoms with Crippen LogP contribution in [-0.2, 0) is 9.47 Å². The molecule has 148 valence electrons. The van der Waals surface area contributed by atoms with Gasteiger partial charge in [-0.2, -0.15) is 0 Å². The zero-order chi connectivity index (χ0) is 18.7. The minimum atomic E-state index is -0.447. The number of nitrogens with one attached hydrogen (secondary N) is 2. The molecule has 3 fully saturated rings. The summed E-state index contributed by atoms with van der Waals surface area (Å²) in [6, 6.07) is 0.365. The quantitative estimate of drug-likeness (QED) is 0.591. The molecule has 4 atom stereocenters. The van der Waals surface area contributed by atoms with Crippen molar-refractivity contribution in [2.24, 2.45) is 10.9 Å². The minimum absolute atomic E-state index is 0.205. The summed E-state index contributed by atoms with van der Waals surface area (Å²) < 4.78 is 11.4. The molecule has 0 radical (unpaired) electrons. The summed E-state index contributed by atoms with van der Waals surface area (Å²) in [6.07, 6.45) is 6.08. The average molecular weight is 367 g/mol. The van der Waals surface area contributed by atoms with Crippen LogP contribution in [0.4, 0.5) is 4.79 Å². The van der Waals surface area contributed by atoms with E-state index in [0.29, 0.717) is 24.2 Å². The van der Waals surface area contributed by atoms with Crippen LogP contribution < -0.4 is 10.6 Å². The van der Waals surface area contributed by atoms with Crippen molar-refractivity contribution >= 4 is 12.1 Å². The first-order chi connectivity index (χ1) is 12.3. The molecule has 0 aliphatic carbocycles. The second kappa shape index (κ2) is 8.03. The van der Waals surface area contributed by atoms with E-state index in [1.807, 2.05) is 25.7 Å². The number of nitrogens with zero attached hydrogens (tertiary/aromatic N) is 2. The topological polar surface area (TPSA) is 75.2 Å². The lowest BCUT2D eigenvalue weighted by molar-refractivity contribution is 0.0168. The molecule has 26 heavy (non-hydrogen) atoms. The Balaban J connectivity index is 1.43. The standard InChI is InChI=1S/C19H34N4O3/c1-19(2,3)26-18(24)23-9-5-6-13(12-23)11-21-17(20-4)22-15-10-14-7-8-16(15)25-14/h13-16H,5-12H2,1-4H3,(H2,20,21,22). The predicted octanol–water partition coefficient (Wildman–Crippen LogP) is 2.12. The fourth-order valence-corrected chi connectivity index (χ4v) is 4.12. The number of hydrogen-bond donors (Lipinski definition) is 2. The van der Waals surface area contributed by atoms with Gasteiger partial charge in [0.15, 0.2) is 5.96 Å². The highest BCUT2D eigenvalue weighted by molar-refractivity contribution is 5.80. The van der Waals surface area contributed by atoms with Crippen molar-refractivity contribution in [3.05, 3.63) is 0 Å². The number of fused-ring (bicyclic) bond motifs is 2. The summed E-state index contributed by atoms with van der Waals surface area (Å²) in [4.78, 5) is 18.5. The van der Waals surface area contributed by atoms with Crippen LogP contribution in [0.25, 0.3) is 0 Å². The van der Waals surface area contributed by atoms with Crippen LogP contribution in [0.15, 0.2) is 4.99 Å². The molecule has 0 aromatic carbocycles. The number of aliphatic imine (C=N–C) groups is 1. The average Bonchev–Trinajstić information content (AvgIpc) is 3.20. The Bertz CT molecular complexity index is 531. The van der Waals surface area contributed by atoms with Crippen LogP contribution in [-0.4, -0.2) is 67.5 Å². The zero-order valence-corrected chi connectivity index (χ0v) is 16.6. The summed E-state index contributed by atoms with van der Waals surface area (Å²) in [5, 5.41) is 6.95. The fourth-order valence-electron chi connectivity index (χ4n) is 4.12. The molecule has 0 spiro atoms. The van der Waals surface area contributed by atoms with Crippen molar-refractivity contribution < 1.29 is 14.3 Å². The largest absolute Gasteiger partial charge is 0.444 e. The first kappa shape index (κ1) is 19.3. The van der Waals surface area contributed by atoms with Crippen LogP contribution in [0.5, 0.6) is 0 Å². The number of carbonyl (C=O) groups excluding carboxylic acids is 1. The van der Waals surface area contributed by atoms with Gasteiger partial charge in [-0.05, 0) is 58.8 Å². The van der Waals surface area contributed by atoms with E-state index in [2.05, 4.69) is 15.6 Å². The van der Waals surface area contributed by atoms with Crippen molar-refractivity contribution in [1.82, 2.24) is 15.5 Å². The predicted molar refractivity (Wildman–Crippen MR) is 101 cm³/mol. The number of piperidine rings is 1. The molecule has 0 saturated carbocycles. The number of carbonyl (C=O) groups is 1. The maximum absolute atomic E-state index is 12.3. The molecule has 4 unspecified atom stereocenters. The molecular weight excluding hydrogens is 332 g/mol. The number of likely N-dealkylation sites (tertiary alicyclic amines) is 1. The third kappa shape index (κ3) is 5.02. The lowest BCUT2D eigenvalue weighted by Crippen LogP contribution is -2.50. The Kier molecular flexibility index (Phi) is 5.95. The molecule has 2 bridgehead atoms. The Morgan fingerprint density at radius 2 is 2.12 bits per heavy atom. The molecule has 7 heteroatoms. The molecule has 2 N–H and O–H groups in total. The van der Waals surface area contributed by atoms with Crippen LogP contribution >= 0.6 is 0 Å². The molecule has 3 aliphatic rings. The molecule has 3 rings (SSSR count). The van der Waals surface area contributed by atoms with E-state index in [0.717, 1.165) is 51.3 Å². The maximum atomic E-state index is 12.3. The maximum Gasteiger partial charge on any atom is 0.410 e. The van der Waals surface area contributed by atoms with Gasteiger partial charge in [0.1, 0.15) is 5.60 Å². The monoisotopic (exact) mass is 366 g/mol. The molecule has 3 saturated heterocycles. The summed E-state index contributed by atoms with van der Waals surface area (Å²) in [6.45, 7) is 8.03. The van der Waals surface area contributed by atoms with Crippen LogP contribution in [0.3, 0.4) is 0 Å². The highest BCUT2D eigenvalue weighted by Gasteiger charge is 2.41. The highest BCUT2D eigenvalue weighted by Crippen LogP contribution is 2.34. The van der Waals surface area contributed by atoms with E-state index in [1.54, 1.807) is 7.05 Å². The van der Waals surface area contributed by atoms with Gasteiger partial charge in [-0.1, -0.05) is 0 Å². The third-order valence-electron chi connectivity index (χ3n) is 5.38. The van der Waals surface area contributed by atoms with Crippen molar-refractivity contribution in [3.8, 4) is 0 Å². The van der Waals surface area contributed by atoms with E-state index in [4.69, 9.17) is 9.47 Å². The van der Waals surface area contributed by atoms with Crippen molar-refractivity contribution in [2.45, 2.75) is 76.7 Å². The van der Waals surface area contributed by atoms with Gasteiger partial charge in [-0.15, -0.1) is 0 Å².